The smallest absolute Gasteiger partial charge is 0.168 e. The third-order valence-electron chi connectivity index (χ3n) is 2.02. The quantitative estimate of drug-likeness (QED) is 0.807. The molecule has 0 spiro atoms. The third-order valence-corrected chi connectivity index (χ3v) is 2.89. The van der Waals surface area contributed by atoms with E-state index in [9.17, 15) is 4.39 Å². The Morgan fingerprint density at radius 3 is 2.80 bits per heavy atom. The van der Waals surface area contributed by atoms with E-state index in [0.717, 1.165) is 0 Å². The van der Waals surface area contributed by atoms with Gasteiger partial charge in [0.15, 0.2) is 5.11 Å². The Balaban J connectivity index is 2.85. The molecule has 0 fully saturated rings. The van der Waals surface area contributed by atoms with Crippen molar-refractivity contribution in [1.29, 1.82) is 0 Å². The average molecular weight is 247 g/mol. The number of thiocarbonyl (C=S) groups is 1. The first kappa shape index (κ1) is 12.2. The second-order valence-electron chi connectivity index (χ2n) is 3.11. The Bertz CT molecular complexity index is 350. The molecule has 0 aliphatic carbocycles. The zero-order valence-corrected chi connectivity index (χ0v) is 10.1. The van der Waals surface area contributed by atoms with Crippen molar-refractivity contribution in [3.05, 3.63) is 34.6 Å². The fourth-order valence-corrected chi connectivity index (χ4v) is 1.47. The van der Waals surface area contributed by atoms with Crippen molar-refractivity contribution in [3.8, 4) is 0 Å². The highest BCUT2D eigenvalue weighted by Gasteiger charge is 2.10. The second-order valence-corrected chi connectivity index (χ2v) is 3.91. The van der Waals surface area contributed by atoms with Crippen molar-refractivity contribution in [2.24, 2.45) is 0 Å². The van der Waals surface area contributed by atoms with Crippen LogP contribution >= 0.6 is 23.8 Å². The molecule has 0 aliphatic rings. The van der Waals surface area contributed by atoms with E-state index in [1.54, 1.807) is 31.1 Å². The Labute approximate surface area is 99.0 Å². The van der Waals surface area contributed by atoms with Gasteiger partial charge in [0.25, 0.3) is 0 Å². The highest BCUT2D eigenvalue weighted by Crippen LogP contribution is 2.20. The highest BCUT2D eigenvalue weighted by atomic mass is 35.5. The van der Waals surface area contributed by atoms with Gasteiger partial charge in [0.05, 0.1) is 0 Å². The monoisotopic (exact) mass is 246 g/mol. The number of hydrogen-bond donors (Lipinski definition) is 1. The van der Waals surface area contributed by atoms with Gasteiger partial charge in [0.2, 0.25) is 0 Å². The summed E-state index contributed by atoms with van der Waals surface area (Å²) in [4.78, 5) is 1.72. The lowest BCUT2D eigenvalue weighted by atomic mass is 10.2. The van der Waals surface area contributed by atoms with Crippen LogP contribution in [0.5, 0.6) is 0 Å². The Morgan fingerprint density at radius 2 is 2.27 bits per heavy atom. The fraction of sp³-hybridized carbons (Fsp3) is 0.300. The maximum Gasteiger partial charge on any atom is 0.168 e. The molecule has 1 aromatic carbocycles. The fourth-order valence-electron chi connectivity index (χ4n) is 1.18. The largest absolute Gasteiger partial charge is 0.366 e. The van der Waals surface area contributed by atoms with Crippen LogP contribution in [0.25, 0.3) is 0 Å². The number of hydrogen-bond acceptors (Lipinski definition) is 1. The molecule has 0 aromatic heterocycles. The molecular formula is C10H12ClFN2S. The predicted molar refractivity (Wildman–Crippen MR) is 64.5 cm³/mol. The van der Waals surface area contributed by atoms with E-state index >= 15 is 0 Å². The third kappa shape index (κ3) is 3.04. The van der Waals surface area contributed by atoms with Gasteiger partial charge in [-0.25, -0.2) is 4.39 Å². The van der Waals surface area contributed by atoms with Crippen LogP contribution in [-0.2, 0) is 6.54 Å². The van der Waals surface area contributed by atoms with Gasteiger partial charge < -0.3 is 10.2 Å². The molecule has 0 bridgehead atoms. The van der Waals surface area contributed by atoms with E-state index < -0.39 is 0 Å². The first-order valence-electron chi connectivity index (χ1n) is 4.42. The van der Waals surface area contributed by atoms with Crippen LogP contribution in [0.2, 0.25) is 5.02 Å². The first-order chi connectivity index (χ1) is 7.06. The Hall–Kier alpha value is -0.870. The van der Waals surface area contributed by atoms with E-state index in [-0.39, 0.29) is 5.82 Å². The zero-order valence-electron chi connectivity index (χ0n) is 8.55. The minimum atomic E-state index is -0.312. The Kier molecular flexibility index (Phi) is 4.29. The molecule has 1 rings (SSSR count). The summed E-state index contributed by atoms with van der Waals surface area (Å²) >= 11 is 10.9. The summed E-state index contributed by atoms with van der Waals surface area (Å²) in [5.74, 6) is -0.312. The molecule has 0 unspecified atom stereocenters. The summed E-state index contributed by atoms with van der Waals surface area (Å²) in [6, 6.07) is 4.63. The molecule has 0 heterocycles. The molecule has 0 saturated carbocycles. The molecule has 15 heavy (non-hydrogen) atoms. The van der Waals surface area contributed by atoms with Gasteiger partial charge in [-0.1, -0.05) is 17.7 Å². The minimum absolute atomic E-state index is 0.312. The molecule has 0 amide bonds. The van der Waals surface area contributed by atoms with Gasteiger partial charge >= 0.3 is 0 Å². The van der Waals surface area contributed by atoms with Crippen molar-refractivity contribution >= 4 is 28.9 Å². The van der Waals surface area contributed by atoms with Gasteiger partial charge in [0.1, 0.15) is 5.82 Å². The second kappa shape index (κ2) is 5.28. The molecule has 1 N–H and O–H groups in total. The molecule has 0 saturated heterocycles. The van der Waals surface area contributed by atoms with E-state index in [1.165, 1.54) is 6.07 Å². The van der Waals surface area contributed by atoms with E-state index in [4.69, 9.17) is 23.8 Å². The predicted octanol–water partition coefficient (Wildman–Crippen LogP) is 2.42. The van der Waals surface area contributed by atoms with Crippen LogP contribution in [0, 0.1) is 5.82 Å². The molecule has 0 radical (unpaired) electrons. The maximum absolute atomic E-state index is 13.4. The number of benzene rings is 1. The zero-order chi connectivity index (χ0) is 11.4. The van der Waals surface area contributed by atoms with E-state index in [0.29, 0.717) is 22.2 Å². The summed E-state index contributed by atoms with van der Waals surface area (Å²) in [6.45, 7) is 0.352. The number of nitrogens with zero attached hydrogens (tertiary/aromatic N) is 1. The number of rotatable bonds is 2. The molecule has 0 aliphatic heterocycles. The topological polar surface area (TPSA) is 15.3 Å². The van der Waals surface area contributed by atoms with E-state index in [2.05, 4.69) is 5.32 Å². The molecule has 5 heteroatoms. The SMILES string of the molecule is CNC(=S)N(C)Cc1c(F)cccc1Cl. The van der Waals surface area contributed by atoms with Crippen molar-refractivity contribution in [2.75, 3.05) is 14.1 Å². The summed E-state index contributed by atoms with van der Waals surface area (Å²) in [7, 11) is 3.50. The van der Waals surface area contributed by atoms with Crippen LogP contribution < -0.4 is 5.32 Å². The summed E-state index contributed by atoms with van der Waals surface area (Å²) in [5.41, 5.74) is 0.458. The van der Waals surface area contributed by atoms with Gasteiger partial charge in [-0.3, -0.25) is 0 Å². The lowest BCUT2D eigenvalue weighted by Gasteiger charge is -2.20. The summed E-state index contributed by atoms with van der Waals surface area (Å²) < 4.78 is 13.4. The van der Waals surface area contributed by atoms with Crippen molar-refractivity contribution < 1.29 is 4.39 Å². The van der Waals surface area contributed by atoms with Gasteiger partial charge in [-0.15, -0.1) is 0 Å². The Morgan fingerprint density at radius 1 is 1.60 bits per heavy atom. The van der Waals surface area contributed by atoms with Gasteiger partial charge in [-0.05, 0) is 24.4 Å². The standard InChI is InChI=1S/C10H12ClFN2S/c1-13-10(15)14(2)6-7-8(11)4-3-5-9(7)12/h3-5H,6H2,1-2H3,(H,13,15). The van der Waals surface area contributed by atoms with Crippen LogP contribution in [0.4, 0.5) is 4.39 Å². The molecule has 0 atom stereocenters. The van der Waals surface area contributed by atoms with Crippen molar-refractivity contribution in [1.82, 2.24) is 10.2 Å². The molecule has 2 nitrogen and oxygen atoms in total. The molecular weight excluding hydrogens is 235 g/mol. The van der Waals surface area contributed by atoms with Crippen molar-refractivity contribution in [2.45, 2.75) is 6.54 Å². The normalized spacial score (nSPS) is 9.87. The van der Waals surface area contributed by atoms with Crippen LogP contribution in [0.1, 0.15) is 5.56 Å². The van der Waals surface area contributed by atoms with Crippen molar-refractivity contribution in [3.63, 3.8) is 0 Å². The minimum Gasteiger partial charge on any atom is -0.366 e. The van der Waals surface area contributed by atoms with Crippen LogP contribution in [-0.4, -0.2) is 24.1 Å². The maximum atomic E-state index is 13.4. The average Bonchev–Trinajstić information content (AvgIpc) is 2.22. The summed E-state index contributed by atoms with van der Waals surface area (Å²) in [6.07, 6.45) is 0. The lowest BCUT2D eigenvalue weighted by molar-refractivity contribution is 0.475. The number of halogens is 2. The van der Waals surface area contributed by atoms with E-state index in [1.807, 2.05) is 0 Å². The number of nitrogens with one attached hydrogen (secondary N) is 1. The molecule has 82 valence electrons. The first-order valence-corrected chi connectivity index (χ1v) is 5.20. The van der Waals surface area contributed by atoms with Gasteiger partial charge in [-0.2, -0.15) is 0 Å². The van der Waals surface area contributed by atoms with Gasteiger partial charge in [0, 0.05) is 31.2 Å². The highest BCUT2D eigenvalue weighted by molar-refractivity contribution is 7.80. The van der Waals surface area contributed by atoms with Crippen LogP contribution in [0.15, 0.2) is 18.2 Å². The molecule has 1 aromatic rings. The lowest BCUT2D eigenvalue weighted by Crippen LogP contribution is -2.34. The van der Waals surface area contributed by atoms with Crippen LogP contribution in [0.3, 0.4) is 0 Å². The summed E-state index contributed by atoms with van der Waals surface area (Å²) in [5, 5.41) is 3.78.